The van der Waals surface area contributed by atoms with Crippen molar-refractivity contribution in [2.75, 3.05) is 13.1 Å². The molecule has 0 unspecified atom stereocenters. The van der Waals surface area contributed by atoms with Crippen LogP contribution >= 0.6 is 0 Å². The third-order valence-corrected chi connectivity index (χ3v) is 6.66. The maximum Gasteiger partial charge on any atom is 0.0460 e. The third-order valence-electron chi connectivity index (χ3n) is 6.66. The molecule has 2 heteroatoms. The summed E-state index contributed by atoms with van der Waals surface area (Å²) in [4.78, 5) is 6.15. The van der Waals surface area contributed by atoms with Gasteiger partial charge in [0.25, 0.3) is 0 Å². The van der Waals surface area contributed by atoms with E-state index in [9.17, 15) is 0 Å². The number of rotatable bonds is 3. The van der Waals surface area contributed by atoms with Gasteiger partial charge in [-0.1, -0.05) is 54.6 Å². The predicted octanol–water partition coefficient (Wildman–Crippen LogP) is 5.98. The molecule has 5 rings (SSSR count). The van der Waals surface area contributed by atoms with Crippen LogP contribution in [-0.4, -0.2) is 29.0 Å². The van der Waals surface area contributed by atoms with Crippen LogP contribution in [-0.2, 0) is 0 Å². The lowest BCUT2D eigenvalue weighted by atomic mass is 9.81. The van der Waals surface area contributed by atoms with E-state index in [1.54, 1.807) is 0 Å². The Hall–Kier alpha value is -2.32. The Morgan fingerprint density at radius 2 is 1.63 bits per heavy atom. The van der Waals surface area contributed by atoms with Crippen molar-refractivity contribution in [3.8, 4) is 0 Å². The number of hydrogen-bond donors (Lipinski definition) is 1. The number of H-pyrrole nitrogens is 1. The van der Waals surface area contributed by atoms with E-state index in [0.29, 0.717) is 0 Å². The molecule has 138 valence electrons. The molecular formula is C25H28N2. The quantitative estimate of drug-likeness (QED) is 0.611. The molecule has 1 saturated carbocycles. The second-order valence-corrected chi connectivity index (χ2v) is 8.14. The van der Waals surface area contributed by atoms with Gasteiger partial charge in [-0.25, -0.2) is 0 Å². The number of nitrogens with one attached hydrogen (secondary N) is 1. The fraction of sp³-hybridized carbons (Fsp3) is 0.360. The van der Waals surface area contributed by atoms with Crippen molar-refractivity contribution in [3.63, 3.8) is 0 Å². The van der Waals surface area contributed by atoms with E-state index < -0.39 is 0 Å². The standard InChI is InChI=1S/C25H28N2/c1-2-6-19(7-3-1)20-10-12-22(13-11-20)27-16-14-21(15-17-27)24-18-26-25-9-5-4-8-23(24)25/h1-9,14,18,20,22,26H,10-13,15-17H2. The molecule has 2 aliphatic rings. The molecule has 0 radical (unpaired) electrons. The highest BCUT2D eigenvalue weighted by Crippen LogP contribution is 2.36. The molecular weight excluding hydrogens is 328 g/mol. The van der Waals surface area contributed by atoms with E-state index in [-0.39, 0.29) is 0 Å². The molecule has 2 heterocycles. The first-order chi connectivity index (χ1) is 13.4. The van der Waals surface area contributed by atoms with Crippen molar-refractivity contribution in [2.45, 2.75) is 44.1 Å². The van der Waals surface area contributed by atoms with Gasteiger partial charge >= 0.3 is 0 Å². The smallest absolute Gasteiger partial charge is 0.0460 e. The first-order valence-electron chi connectivity index (χ1n) is 10.4. The van der Waals surface area contributed by atoms with Gasteiger partial charge < -0.3 is 4.98 Å². The van der Waals surface area contributed by atoms with Crippen LogP contribution in [0.25, 0.3) is 16.5 Å². The number of fused-ring (bicyclic) bond motifs is 1. The average Bonchev–Trinajstić information content (AvgIpc) is 3.19. The van der Waals surface area contributed by atoms with Crippen LogP contribution in [0.15, 0.2) is 66.9 Å². The molecule has 1 aliphatic carbocycles. The van der Waals surface area contributed by atoms with E-state index in [2.05, 4.69) is 76.8 Å². The third kappa shape index (κ3) is 3.35. The number of benzene rings is 2. The molecule has 0 atom stereocenters. The van der Waals surface area contributed by atoms with Crippen LogP contribution < -0.4 is 0 Å². The van der Waals surface area contributed by atoms with Gasteiger partial charge in [0.05, 0.1) is 0 Å². The first kappa shape index (κ1) is 16.8. The SMILES string of the molecule is C1=C(c2c[nH]c3ccccc23)CCN(C2CCC(c3ccccc3)CC2)C1. The summed E-state index contributed by atoms with van der Waals surface area (Å²) in [6.07, 6.45) is 11.2. The fourth-order valence-corrected chi connectivity index (χ4v) is 5.10. The molecule has 0 spiro atoms. The highest BCUT2D eigenvalue weighted by Gasteiger charge is 2.27. The molecule has 0 amide bonds. The maximum atomic E-state index is 3.43. The molecule has 1 fully saturated rings. The zero-order valence-corrected chi connectivity index (χ0v) is 15.9. The van der Waals surface area contributed by atoms with Gasteiger partial charge in [0.1, 0.15) is 0 Å². The first-order valence-corrected chi connectivity index (χ1v) is 10.4. The molecule has 27 heavy (non-hydrogen) atoms. The summed E-state index contributed by atoms with van der Waals surface area (Å²) in [7, 11) is 0. The lowest BCUT2D eigenvalue weighted by Gasteiger charge is -2.38. The predicted molar refractivity (Wildman–Crippen MR) is 114 cm³/mol. The Morgan fingerprint density at radius 3 is 2.41 bits per heavy atom. The van der Waals surface area contributed by atoms with Crippen LogP contribution in [0.3, 0.4) is 0 Å². The number of para-hydroxylation sites is 1. The van der Waals surface area contributed by atoms with Crippen molar-refractivity contribution in [3.05, 3.63) is 78.0 Å². The fourth-order valence-electron chi connectivity index (χ4n) is 5.10. The van der Waals surface area contributed by atoms with Crippen LogP contribution in [0.5, 0.6) is 0 Å². The lowest BCUT2D eigenvalue weighted by molar-refractivity contribution is 0.163. The molecule has 2 nitrogen and oxygen atoms in total. The second-order valence-electron chi connectivity index (χ2n) is 8.14. The molecule has 1 N–H and O–H groups in total. The molecule has 3 aromatic rings. The normalized spacial score (nSPS) is 24.1. The minimum absolute atomic E-state index is 0.768. The number of nitrogens with zero attached hydrogens (tertiary/aromatic N) is 1. The van der Waals surface area contributed by atoms with Gasteiger partial charge in [0.15, 0.2) is 0 Å². The largest absolute Gasteiger partial charge is 0.361 e. The van der Waals surface area contributed by atoms with Gasteiger partial charge in [-0.05, 0) is 55.2 Å². The molecule has 1 aromatic heterocycles. The molecule has 0 saturated heterocycles. The van der Waals surface area contributed by atoms with Crippen molar-refractivity contribution in [1.82, 2.24) is 9.88 Å². The topological polar surface area (TPSA) is 19.0 Å². The van der Waals surface area contributed by atoms with Gasteiger partial charge in [0, 0.05) is 41.8 Å². The summed E-state index contributed by atoms with van der Waals surface area (Å²) in [5.41, 5.74) is 5.70. The van der Waals surface area contributed by atoms with E-state index in [4.69, 9.17) is 0 Å². The van der Waals surface area contributed by atoms with Gasteiger partial charge in [-0.3, -0.25) is 4.90 Å². The molecule has 0 bridgehead atoms. The van der Waals surface area contributed by atoms with E-state index in [1.165, 1.54) is 66.3 Å². The number of hydrogen-bond acceptors (Lipinski definition) is 1. The van der Waals surface area contributed by atoms with Gasteiger partial charge in [-0.15, -0.1) is 0 Å². The Kier molecular flexibility index (Phi) is 4.59. The highest BCUT2D eigenvalue weighted by atomic mass is 15.2. The summed E-state index contributed by atoms with van der Waals surface area (Å²) >= 11 is 0. The Morgan fingerprint density at radius 1 is 0.852 bits per heavy atom. The molecule has 2 aromatic carbocycles. The van der Waals surface area contributed by atoms with Crippen molar-refractivity contribution in [1.29, 1.82) is 0 Å². The number of aromatic amines is 1. The van der Waals surface area contributed by atoms with Crippen molar-refractivity contribution in [2.24, 2.45) is 0 Å². The Bertz CT molecular complexity index is 929. The van der Waals surface area contributed by atoms with Crippen LogP contribution in [0.2, 0.25) is 0 Å². The van der Waals surface area contributed by atoms with Crippen LogP contribution in [0.4, 0.5) is 0 Å². The summed E-state index contributed by atoms with van der Waals surface area (Å²) < 4.78 is 0. The van der Waals surface area contributed by atoms with Gasteiger partial charge in [-0.2, -0.15) is 0 Å². The summed E-state index contributed by atoms with van der Waals surface area (Å²) in [5, 5.41) is 1.36. The zero-order chi connectivity index (χ0) is 18.1. The Labute approximate surface area is 161 Å². The zero-order valence-electron chi connectivity index (χ0n) is 15.9. The maximum absolute atomic E-state index is 3.43. The van der Waals surface area contributed by atoms with Crippen LogP contribution in [0.1, 0.15) is 49.1 Å². The van der Waals surface area contributed by atoms with E-state index in [0.717, 1.165) is 18.5 Å². The summed E-state index contributed by atoms with van der Waals surface area (Å²) in [6, 6.07) is 20.5. The minimum Gasteiger partial charge on any atom is -0.361 e. The van der Waals surface area contributed by atoms with Crippen LogP contribution in [0, 0.1) is 0 Å². The van der Waals surface area contributed by atoms with Crippen molar-refractivity contribution >= 4 is 16.5 Å². The molecule has 1 aliphatic heterocycles. The van der Waals surface area contributed by atoms with Crippen molar-refractivity contribution < 1.29 is 0 Å². The minimum atomic E-state index is 0.768. The lowest BCUT2D eigenvalue weighted by Crippen LogP contribution is -2.40. The Balaban J connectivity index is 1.23. The van der Waals surface area contributed by atoms with E-state index >= 15 is 0 Å². The highest BCUT2D eigenvalue weighted by molar-refractivity contribution is 5.92. The second kappa shape index (κ2) is 7.36. The summed E-state index contributed by atoms with van der Waals surface area (Å²) in [6.45, 7) is 2.31. The van der Waals surface area contributed by atoms with E-state index in [1.807, 2.05) is 0 Å². The summed E-state index contributed by atoms with van der Waals surface area (Å²) in [5.74, 6) is 0.768. The van der Waals surface area contributed by atoms with Gasteiger partial charge in [0.2, 0.25) is 0 Å². The monoisotopic (exact) mass is 356 g/mol. The number of aromatic nitrogens is 1. The average molecular weight is 357 g/mol.